The first-order chi connectivity index (χ1) is 20.3. The SMILES string of the molecule is c1ccc(-n2c3ccccc3c3ccc(Oc4cc5ccc6cccc7c6c5c(c4)n7-c4ncccn4)cc32)nc1. The summed E-state index contributed by atoms with van der Waals surface area (Å²) in [7, 11) is 0. The molecule has 9 rings (SSSR count). The van der Waals surface area contributed by atoms with Gasteiger partial charge in [-0.05, 0) is 59.3 Å². The number of fused-ring (bicyclic) bond motifs is 3. The van der Waals surface area contributed by atoms with Crippen molar-refractivity contribution in [1.29, 1.82) is 0 Å². The molecule has 0 atom stereocenters. The smallest absolute Gasteiger partial charge is 0.234 e. The van der Waals surface area contributed by atoms with Crippen LogP contribution in [0.4, 0.5) is 0 Å². The van der Waals surface area contributed by atoms with E-state index in [2.05, 4.69) is 103 Å². The summed E-state index contributed by atoms with van der Waals surface area (Å²) in [5.41, 5.74) is 4.24. The van der Waals surface area contributed by atoms with Crippen molar-refractivity contribution in [2.45, 2.75) is 0 Å². The first-order valence-corrected chi connectivity index (χ1v) is 13.5. The van der Waals surface area contributed by atoms with Crippen LogP contribution in [0, 0.1) is 0 Å². The number of aromatic nitrogens is 5. The third-order valence-corrected chi connectivity index (χ3v) is 7.88. The van der Waals surface area contributed by atoms with Crippen LogP contribution in [-0.2, 0) is 0 Å². The van der Waals surface area contributed by atoms with E-state index in [0.717, 1.165) is 50.2 Å². The molecule has 0 N–H and O–H groups in total. The molecule has 0 radical (unpaired) electrons. The molecular weight excluding hydrogens is 506 g/mol. The van der Waals surface area contributed by atoms with Crippen LogP contribution in [0.3, 0.4) is 0 Å². The third-order valence-electron chi connectivity index (χ3n) is 7.88. The van der Waals surface area contributed by atoms with Crippen molar-refractivity contribution in [3.05, 3.63) is 128 Å². The Morgan fingerprint density at radius 3 is 2.12 bits per heavy atom. The van der Waals surface area contributed by atoms with Gasteiger partial charge in [-0.25, -0.2) is 15.0 Å². The highest BCUT2D eigenvalue weighted by Crippen LogP contribution is 2.41. The topological polar surface area (TPSA) is 57.8 Å². The first-order valence-electron chi connectivity index (χ1n) is 13.5. The zero-order valence-corrected chi connectivity index (χ0v) is 21.8. The van der Waals surface area contributed by atoms with Gasteiger partial charge in [0.25, 0.3) is 0 Å². The van der Waals surface area contributed by atoms with Crippen molar-refractivity contribution >= 4 is 54.4 Å². The summed E-state index contributed by atoms with van der Waals surface area (Å²) in [6, 6.07) is 37.4. The van der Waals surface area contributed by atoms with E-state index in [1.165, 1.54) is 21.5 Å². The fourth-order valence-electron chi connectivity index (χ4n) is 6.23. The molecule has 6 nitrogen and oxygen atoms in total. The van der Waals surface area contributed by atoms with E-state index in [9.17, 15) is 0 Å². The summed E-state index contributed by atoms with van der Waals surface area (Å²) in [5, 5.41) is 7.03. The Labute approximate surface area is 234 Å². The highest BCUT2D eigenvalue weighted by atomic mass is 16.5. The van der Waals surface area contributed by atoms with Crippen LogP contribution >= 0.6 is 0 Å². The second-order valence-corrected chi connectivity index (χ2v) is 10.2. The fraction of sp³-hybridized carbons (Fsp3) is 0. The van der Waals surface area contributed by atoms with Gasteiger partial charge in [-0.3, -0.25) is 9.13 Å². The molecule has 41 heavy (non-hydrogen) atoms. The normalized spacial score (nSPS) is 11.9. The van der Waals surface area contributed by atoms with Gasteiger partial charge in [-0.1, -0.05) is 48.5 Å². The highest BCUT2D eigenvalue weighted by Gasteiger charge is 2.19. The molecule has 0 unspecified atom stereocenters. The summed E-state index contributed by atoms with van der Waals surface area (Å²) in [5.74, 6) is 3.01. The van der Waals surface area contributed by atoms with E-state index in [4.69, 9.17) is 4.74 Å². The number of nitrogens with zero attached hydrogens (tertiary/aromatic N) is 5. The molecular formula is C35H21N5O. The van der Waals surface area contributed by atoms with Crippen LogP contribution in [0.1, 0.15) is 0 Å². The van der Waals surface area contributed by atoms with Crippen molar-refractivity contribution in [1.82, 2.24) is 24.1 Å². The van der Waals surface area contributed by atoms with Gasteiger partial charge in [0.2, 0.25) is 5.95 Å². The Hall–Kier alpha value is -5.75. The molecule has 4 heterocycles. The zero-order chi connectivity index (χ0) is 26.9. The number of hydrogen-bond donors (Lipinski definition) is 0. The predicted molar refractivity (Wildman–Crippen MR) is 164 cm³/mol. The number of para-hydroxylation sites is 1. The minimum Gasteiger partial charge on any atom is -0.457 e. The van der Waals surface area contributed by atoms with Crippen LogP contribution in [0.15, 0.2) is 128 Å². The second-order valence-electron chi connectivity index (χ2n) is 10.2. The molecule has 9 aromatic rings. The Morgan fingerprint density at radius 1 is 0.463 bits per heavy atom. The predicted octanol–water partition coefficient (Wildman–Crippen LogP) is 8.45. The monoisotopic (exact) mass is 527 g/mol. The van der Waals surface area contributed by atoms with Gasteiger partial charge in [0.1, 0.15) is 17.3 Å². The van der Waals surface area contributed by atoms with Crippen LogP contribution in [0.25, 0.3) is 66.2 Å². The average Bonchev–Trinajstić information content (AvgIpc) is 3.54. The van der Waals surface area contributed by atoms with E-state index in [1.54, 1.807) is 12.4 Å². The van der Waals surface area contributed by atoms with Gasteiger partial charge in [0, 0.05) is 52.3 Å². The lowest BCUT2D eigenvalue weighted by Gasteiger charge is -2.11. The van der Waals surface area contributed by atoms with E-state index >= 15 is 0 Å². The maximum absolute atomic E-state index is 6.61. The van der Waals surface area contributed by atoms with Crippen molar-refractivity contribution in [3.63, 3.8) is 0 Å². The van der Waals surface area contributed by atoms with E-state index < -0.39 is 0 Å². The van der Waals surface area contributed by atoms with Gasteiger partial charge in [-0.15, -0.1) is 0 Å². The van der Waals surface area contributed by atoms with Gasteiger partial charge < -0.3 is 4.74 Å². The molecule has 0 saturated carbocycles. The number of rotatable bonds is 4. The zero-order valence-electron chi connectivity index (χ0n) is 21.8. The summed E-state index contributed by atoms with van der Waals surface area (Å²) >= 11 is 0. The summed E-state index contributed by atoms with van der Waals surface area (Å²) < 4.78 is 10.9. The highest BCUT2D eigenvalue weighted by molar-refractivity contribution is 6.24. The molecule has 5 aromatic carbocycles. The molecule has 0 aliphatic heterocycles. The number of hydrogen-bond acceptors (Lipinski definition) is 4. The second kappa shape index (κ2) is 8.37. The van der Waals surface area contributed by atoms with E-state index in [1.807, 2.05) is 36.5 Å². The summed E-state index contributed by atoms with van der Waals surface area (Å²) in [6.07, 6.45) is 5.38. The molecule has 0 amide bonds. The molecule has 0 aliphatic carbocycles. The van der Waals surface area contributed by atoms with E-state index in [0.29, 0.717) is 5.95 Å². The van der Waals surface area contributed by atoms with Crippen LogP contribution < -0.4 is 4.74 Å². The molecule has 6 heteroatoms. The maximum atomic E-state index is 6.61. The van der Waals surface area contributed by atoms with Crippen LogP contribution in [0.5, 0.6) is 11.5 Å². The van der Waals surface area contributed by atoms with Crippen LogP contribution in [0.2, 0.25) is 0 Å². The number of ether oxygens (including phenoxy) is 1. The molecule has 0 aliphatic rings. The Balaban J connectivity index is 1.26. The van der Waals surface area contributed by atoms with Gasteiger partial charge in [0.15, 0.2) is 0 Å². The molecule has 4 aromatic heterocycles. The van der Waals surface area contributed by atoms with Gasteiger partial charge in [0.05, 0.1) is 22.1 Å². The third kappa shape index (κ3) is 3.22. The molecule has 0 spiro atoms. The molecule has 192 valence electrons. The quantitative estimate of drug-likeness (QED) is 0.216. The van der Waals surface area contributed by atoms with Crippen LogP contribution in [-0.4, -0.2) is 24.1 Å². The van der Waals surface area contributed by atoms with Crippen molar-refractivity contribution in [2.24, 2.45) is 0 Å². The summed E-state index contributed by atoms with van der Waals surface area (Å²) in [6.45, 7) is 0. The Bertz CT molecular complexity index is 2390. The van der Waals surface area contributed by atoms with E-state index in [-0.39, 0.29) is 0 Å². The average molecular weight is 528 g/mol. The number of pyridine rings is 1. The van der Waals surface area contributed by atoms with Gasteiger partial charge in [-0.2, -0.15) is 0 Å². The van der Waals surface area contributed by atoms with Gasteiger partial charge >= 0.3 is 0 Å². The summed E-state index contributed by atoms with van der Waals surface area (Å²) in [4.78, 5) is 13.8. The minimum atomic E-state index is 0.635. The number of benzene rings is 5. The first kappa shape index (κ1) is 22.1. The molecule has 0 bridgehead atoms. The maximum Gasteiger partial charge on any atom is 0.234 e. The standard InChI is InChI=1S/C35H21N5O/c1-2-9-28-26(8-1)27-15-14-24(20-30(27)39(28)32-11-3-4-16-36-32)41-25-19-23-13-12-22-7-5-10-29-33(22)34(23)31(21-25)40(29)35-37-17-6-18-38-35/h1-21H. The lowest BCUT2D eigenvalue weighted by Crippen LogP contribution is -1.99. The Kier molecular flexibility index (Phi) is 4.51. The lowest BCUT2D eigenvalue weighted by atomic mass is 10.0. The van der Waals surface area contributed by atoms with Crippen molar-refractivity contribution in [2.75, 3.05) is 0 Å². The van der Waals surface area contributed by atoms with Crippen molar-refractivity contribution in [3.8, 4) is 23.3 Å². The fourth-order valence-corrected chi connectivity index (χ4v) is 6.23. The minimum absolute atomic E-state index is 0.635. The molecule has 0 saturated heterocycles. The Morgan fingerprint density at radius 2 is 1.22 bits per heavy atom. The van der Waals surface area contributed by atoms with Crippen molar-refractivity contribution < 1.29 is 4.74 Å². The largest absolute Gasteiger partial charge is 0.457 e. The molecule has 0 fully saturated rings. The lowest BCUT2D eigenvalue weighted by molar-refractivity contribution is 0.484.